The van der Waals surface area contributed by atoms with Gasteiger partial charge < -0.3 is 4.90 Å². The number of hydrogen-bond acceptors (Lipinski definition) is 3. The summed E-state index contributed by atoms with van der Waals surface area (Å²) in [6.07, 6.45) is 2.04. The number of para-hydroxylation sites is 1. The Kier molecular flexibility index (Phi) is 5.49. The van der Waals surface area contributed by atoms with Crippen LogP contribution in [0.15, 0.2) is 48.5 Å². The molecule has 6 heteroatoms. The van der Waals surface area contributed by atoms with E-state index in [0.717, 1.165) is 23.2 Å². The first-order valence-electron chi connectivity index (χ1n) is 10.3. The number of piperidine rings is 1. The van der Waals surface area contributed by atoms with E-state index in [4.69, 9.17) is 0 Å². The molecule has 0 N–H and O–H groups in total. The SMILES string of the molecule is Cc1ccccc1CS(=O)(=O)N1CCC(C(=O)N2c3ccccc3C[C@@H]2C)CC1. The summed E-state index contributed by atoms with van der Waals surface area (Å²) in [4.78, 5) is 15.2. The molecule has 29 heavy (non-hydrogen) atoms. The summed E-state index contributed by atoms with van der Waals surface area (Å²) in [6.45, 7) is 4.84. The molecule has 0 radical (unpaired) electrons. The zero-order chi connectivity index (χ0) is 20.6. The van der Waals surface area contributed by atoms with Crippen molar-refractivity contribution in [1.82, 2.24) is 4.31 Å². The molecule has 0 saturated carbocycles. The van der Waals surface area contributed by atoms with Gasteiger partial charge in [-0.15, -0.1) is 0 Å². The van der Waals surface area contributed by atoms with Gasteiger partial charge >= 0.3 is 0 Å². The Hall–Kier alpha value is -2.18. The molecule has 154 valence electrons. The molecular weight excluding hydrogens is 384 g/mol. The lowest BCUT2D eigenvalue weighted by atomic mass is 9.96. The number of nitrogens with zero attached hydrogens (tertiary/aromatic N) is 2. The molecule has 1 atom stereocenters. The maximum absolute atomic E-state index is 13.2. The Morgan fingerprint density at radius 2 is 1.69 bits per heavy atom. The van der Waals surface area contributed by atoms with E-state index in [-0.39, 0.29) is 23.6 Å². The fourth-order valence-electron chi connectivity index (χ4n) is 4.54. The van der Waals surface area contributed by atoms with Crippen molar-refractivity contribution in [2.75, 3.05) is 18.0 Å². The third-order valence-electron chi connectivity index (χ3n) is 6.24. The predicted octanol–water partition coefficient (Wildman–Crippen LogP) is 3.51. The van der Waals surface area contributed by atoms with Gasteiger partial charge in [0.05, 0.1) is 5.75 Å². The highest BCUT2D eigenvalue weighted by Gasteiger charge is 2.37. The van der Waals surface area contributed by atoms with Gasteiger partial charge in [0, 0.05) is 30.7 Å². The Morgan fingerprint density at radius 3 is 2.41 bits per heavy atom. The highest BCUT2D eigenvalue weighted by atomic mass is 32.2. The van der Waals surface area contributed by atoms with E-state index in [1.165, 1.54) is 5.56 Å². The van der Waals surface area contributed by atoms with Crippen LogP contribution in [0.4, 0.5) is 5.69 Å². The van der Waals surface area contributed by atoms with E-state index in [0.29, 0.717) is 25.9 Å². The lowest BCUT2D eigenvalue weighted by Crippen LogP contribution is -2.46. The first kappa shape index (κ1) is 20.1. The number of anilines is 1. The summed E-state index contributed by atoms with van der Waals surface area (Å²) in [5.41, 5.74) is 4.06. The summed E-state index contributed by atoms with van der Waals surface area (Å²) in [7, 11) is -3.38. The molecular formula is C23H28N2O3S. The lowest BCUT2D eigenvalue weighted by Gasteiger charge is -2.34. The van der Waals surface area contributed by atoms with Crippen molar-refractivity contribution in [3.05, 3.63) is 65.2 Å². The summed E-state index contributed by atoms with van der Waals surface area (Å²) in [5, 5.41) is 0. The molecule has 1 saturated heterocycles. The molecule has 0 aliphatic carbocycles. The molecule has 0 spiro atoms. The number of fused-ring (bicyclic) bond motifs is 1. The average molecular weight is 413 g/mol. The lowest BCUT2D eigenvalue weighted by molar-refractivity contribution is -0.123. The third-order valence-corrected chi connectivity index (χ3v) is 8.07. The zero-order valence-corrected chi connectivity index (χ0v) is 17.9. The zero-order valence-electron chi connectivity index (χ0n) is 17.0. The van der Waals surface area contributed by atoms with Gasteiger partial charge in [0.25, 0.3) is 0 Å². The predicted molar refractivity (Wildman–Crippen MR) is 115 cm³/mol. The van der Waals surface area contributed by atoms with Crippen molar-refractivity contribution in [3.63, 3.8) is 0 Å². The van der Waals surface area contributed by atoms with Crippen molar-refractivity contribution in [1.29, 1.82) is 0 Å². The van der Waals surface area contributed by atoms with Gasteiger partial charge in [0.15, 0.2) is 0 Å². The first-order valence-corrected chi connectivity index (χ1v) is 11.9. The van der Waals surface area contributed by atoms with Crippen LogP contribution in [-0.4, -0.2) is 37.8 Å². The van der Waals surface area contributed by atoms with E-state index in [9.17, 15) is 13.2 Å². The van der Waals surface area contributed by atoms with Gasteiger partial charge in [0.2, 0.25) is 15.9 Å². The molecule has 2 aliphatic heterocycles. The third kappa shape index (κ3) is 3.96. The number of hydrogen-bond donors (Lipinski definition) is 0. The highest BCUT2D eigenvalue weighted by molar-refractivity contribution is 7.88. The fourth-order valence-corrected chi connectivity index (χ4v) is 6.21. The molecule has 4 rings (SSSR count). The second-order valence-electron chi connectivity index (χ2n) is 8.25. The van der Waals surface area contributed by atoms with Crippen molar-refractivity contribution >= 4 is 21.6 Å². The minimum atomic E-state index is -3.38. The summed E-state index contributed by atoms with van der Waals surface area (Å²) in [5.74, 6) is 0.0429. The van der Waals surface area contributed by atoms with Gasteiger partial charge in [0.1, 0.15) is 0 Å². The number of sulfonamides is 1. The monoisotopic (exact) mass is 412 g/mol. The minimum absolute atomic E-state index is 0.0226. The Balaban J connectivity index is 1.42. The van der Waals surface area contributed by atoms with Gasteiger partial charge in [-0.05, 0) is 55.9 Å². The number of amides is 1. The van der Waals surface area contributed by atoms with E-state index in [1.807, 2.05) is 54.3 Å². The molecule has 0 unspecified atom stereocenters. The molecule has 1 amide bonds. The summed E-state index contributed by atoms with van der Waals surface area (Å²) < 4.78 is 27.3. The van der Waals surface area contributed by atoms with Crippen LogP contribution in [-0.2, 0) is 27.0 Å². The van der Waals surface area contributed by atoms with E-state index in [1.54, 1.807) is 4.31 Å². The molecule has 2 aliphatic rings. The topological polar surface area (TPSA) is 57.7 Å². The molecule has 0 bridgehead atoms. The van der Waals surface area contributed by atoms with Crippen LogP contribution in [0.2, 0.25) is 0 Å². The summed E-state index contributed by atoms with van der Waals surface area (Å²) >= 11 is 0. The van der Waals surface area contributed by atoms with Crippen LogP contribution in [0, 0.1) is 12.8 Å². The van der Waals surface area contributed by atoms with Crippen LogP contribution < -0.4 is 4.90 Å². The molecule has 2 aromatic rings. The molecule has 2 heterocycles. The van der Waals surface area contributed by atoms with Crippen molar-refractivity contribution in [2.24, 2.45) is 5.92 Å². The second kappa shape index (κ2) is 7.92. The fraction of sp³-hybridized carbons (Fsp3) is 0.435. The smallest absolute Gasteiger partial charge is 0.230 e. The van der Waals surface area contributed by atoms with E-state index >= 15 is 0 Å². The maximum Gasteiger partial charge on any atom is 0.230 e. The van der Waals surface area contributed by atoms with E-state index < -0.39 is 10.0 Å². The first-order chi connectivity index (χ1) is 13.9. The van der Waals surface area contributed by atoms with Crippen molar-refractivity contribution < 1.29 is 13.2 Å². The minimum Gasteiger partial charge on any atom is -0.309 e. The largest absolute Gasteiger partial charge is 0.309 e. The number of aryl methyl sites for hydroxylation is 1. The Labute approximate surface area is 173 Å². The van der Waals surface area contributed by atoms with Crippen LogP contribution in [0.5, 0.6) is 0 Å². The highest BCUT2D eigenvalue weighted by Crippen LogP contribution is 2.35. The Morgan fingerprint density at radius 1 is 1.03 bits per heavy atom. The summed E-state index contributed by atoms with van der Waals surface area (Å²) in [6, 6.07) is 15.8. The number of carbonyl (C=O) groups excluding carboxylic acids is 1. The Bertz CT molecular complexity index is 1010. The number of carbonyl (C=O) groups is 1. The standard InChI is InChI=1S/C23H28N2O3S/c1-17-7-3-4-9-21(17)16-29(27,28)24-13-11-19(12-14-24)23(26)25-18(2)15-20-8-5-6-10-22(20)25/h3-10,18-19H,11-16H2,1-2H3/t18-/m0/s1. The molecule has 0 aromatic heterocycles. The van der Waals surface area contributed by atoms with Crippen LogP contribution in [0.3, 0.4) is 0 Å². The van der Waals surface area contributed by atoms with Gasteiger partial charge in [-0.25, -0.2) is 12.7 Å². The van der Waals surface area contributed by atoms with E-state index in [2.05, 4.69) is 13.0 Å². The van der Waals surface area contributed by atoms with Crippen LogP contribution in [0.25, 0.3) is 0 Å². The molecule has 5 nitrogen and oxygen atoms in total. The van der Waals surface area contributed by atoms with Gasteiger partial charge in [-0.2, -0.15) is 0 Å². The second-order valence-corrected chi connectivity index (χ2v) is 10.2. The van der Waals surface area contributed by atoms with Crippen molar-refractivity contribution in [2.45, 2.75) is 44.9 Å². The number of rotatable bonds is 4. The van der Waals surface area contributed by atoms with Gasteiger partial charge in [-0.3, -0.25) is 4.79 Å². The number of benzene rings is 2. The van der Waals surface area contributed by atoms with Gasteiger partial charge in [-0.1, -0.05) is 42.5 Å². The molecule has 1 fully saturated rings. The quantitative estimate of drug-likeness (QED) is 0.772. The molecule has 2 aromatic carbocycles. The van der Waals surface area contributed by atoms with Crippen LogP contribution >= 0.6 is 0 Å². The van der Waals surface area contributed by atoms with Crippen LogP contribution in [0.1, 0.15) is 36.5 Å². The average Bonchev–Trinajstić information content (AvgIpc) is 3.05. The maximum atomic E-state index is 13.2. The normalized spacial score (nSPS) is 20.6. The van der Waals surface area contributed by atoms with Crippen molar-refractivity contribution in [3.8, 4) is 0 Å².